The summed E-state index contributed by atoms with van der Waals surface area (Å²) in [5.74, 6) is 1.78. The highest BCUT2D eigenvalue weighted by Gasteiger charge is 2.13. The molecule has 0 aliphatic heterocycles. The minimum atomic E-state index is -0.395. The lowest BCUT2D eigenvalue weighted by atomic mass is 10.1. The summed E-state index contributed by atoms with van der Waals surface area (Å²) in [7, 11) is 0. The van der Waals surface area contributed by atoms with Gasteiger partial charge in [-0.2, -0.15) is 0 Å². The number of fused-ring (bicyclic) bond motifs is 1. The summed E-state index contributed by atoms with van der Waals surface area (Å²) in [6, 6.07) is 17.5. The fraction of sp³-hybridized carbons (Fsp3) is 0.222. The molecule has 8 nitrogen and oxygen atoms in total. The molecule has 3 aromatic carbocycles. The predicted octanol–water partition coefficient (Wildman–Crippen LogP) is 5.44. The maximum Gasteiger partial charge on any atom is 0.323 e. The number of para-hydroxylation sites is 1. The Bertz CT molecular complexity index is 1450. The van der Waals surface area contributed by atoms with Crippen LogP contribution in [0.3, 0.4) is 0 Å². The van der Waals surface area contributed by atoms with Gasteiger partial charge in [0.05, 0.1) is 29.8 Å². The van der Waals surface area contributed by atoms with Crippen LogP contribution < -0.4 is 25.7 Å². The van der Waals surface area contributed by atoms with Crippen molar-refractivity contribution in [2.75, 3.05) is 23.8 Å². The minimum absolute atomic E-state index is 0.133. The number of carbonyl (C=O) groups is 1. The van der Waals surface area contributed by atoms with Crippen molar-refractivity contribution in [2.24, 2.45) is 0 Å². The fourth-order valence-corrected chi connectivity index (χ4v) is 3.89. The smallest absolute Gasteiger partial charge is 0.323 e. The Morgan fingerprint density at radius 3 is 2.40 bits per heavy atom. The van der Waals surface area contributed by atoms with Crippen molar-refractivity contribution in [1.82, 2.24) is 9.55 Å². The molecule has 2 N–H and O–H groups in total. The van der Waals surface area contributed by atoms with Crippen LogP contribution in [0.5, 0.6) is 11.5 Å². The summed E-state index contributed by atoms with van der Waals surface area (Å²) in [6.45, 7) is 8.46. The highest BCUT2D eigenvalue weighted by molar-refractivity contribution is 6.00. The van der Waals surface area contributed by atoms with E-state index in [1.165, 1.54) is 0 Å². The molecule has 0 bridgehead atoms. The van der Waals surface area contributed by atoms with E-state index >= 15 is 0 Å². The first-order chi connectivity index (χ1) is 16.9. The zero-order chi connectivity index (χ0) is 24.9. The molecule has 8 heteroatoms. The molecule has 0 aliphatic carbocycles. The summed E-state index contributed by atoms with van der Waals surface area (Å²) in [4.78, 5) is 30.3. The van der Waals surface area contributed by atoms with Crippen LogP contribution in [-0.2, 0) is 0 Å². The lowest BCUT2D eigenvalue weighted by Gasteiger charge is -2.15. The predicted molar refractivity (Wildman–Crippen MR) is 138 cm³/mol. The van der Waals surface area contributed by atoms with E-state index in [1.807, 2.05) is 45.0 Å². The number of benzene rings is 3. The van der Waals surface area contributed by atoms with Gasteiger partial charge in [0.1, 0.15) is 5.82 Å². The second-order valence-electron chi connectivity index (χ2n) is 7.92. The molecule has 0 saturated heterocycles. The van der Waals surface area contributed by atoms with Gasteiger partial charge < -0.3 is 20.1 Å². The third-order valence-corrected chi connectivity index (χ3v) is 5.46. The van der Waals surface area contributed by atoms with Crippen molar-refractivity contribution in [2.45, 2.75) is 27.7 Å². The molecule has 2 amide bonds. The minimum Gasteiger partial charge on any atom is -0.490 e. The zero-order valence-corrected chi connectivity index (χ0v) is 20.2. The van der Waals surface area contributed by atoms with Gasteiger partial charge in [-0.15, -0.1) is 0 Å². The molecule has 4 aromatic rings. The Morgan fingerprint density at radius 1 is 0.914 bits per heavy atom. The first-order valence-electron chi connectivity index (χ1n) is 11.5. The number of nitrogens with zero attached hydrogens (tertiary/aromatic N) is 2. The molecule has 0 atom stereocenters. The number of urea groups is 1. The molecule has 4 rings (SSSR count). The fourth-order valence-electron chi connectivity index (χ4n) is 3.89. The summed E-state index contributed by atoms with van der Waals surface area (Å²) in [6.07, 6.45) is 0. The molecule has 0 aliphatic rings. The second kappa shape index (κ2) is 10.3. The molecule has 0 spiro atoms. The number of rotatable bonds is 7. The summed E-state index contributed by atoms with van der Waals surface area (Å²) in [5.41, 5.74) is 3.22. The Morgan fingerprint density at radius 2 is 1.66 bits per heavy atom. The van der Waals surface area contributed by atoms with Gasteiger partial charge in [0, 0.05) is 17.4 Å². The molecule has 0 fully saturated rings. The van der Waals surface area contributed by atoms with Crippen LogP contribution in [0.25, 0.3) is 16.6 Å². The van der Waals surface area contributed by atoms with Crippen LogP contribution >= 0.6 is 0 Å². The first kappa shape index (κ1) is 23.8. The average Bonchev–Trinajstić information content (AvgIpc) is 2.83. The first-order valence-corrected chi connectivity index (χ1v) is 11.5. The molecular weight excluding hydrogens is 444 g/mol. The van der Waals surface area contributed by atoms with E-state index in [1.54, 1.807) is 47.9 Å². The maximum absolute atomic E-state index is 13.1. The molecule has 35 heavy (non-hydrogen) atoms. The number of ether oxygens (including phenoxy) is 2. The van der Waals surface area contributed by atoms with Crippen LogP contribution in [0.4, 0.5) is 16.2 Å². The lowest BCUT2D eigenvalue weighted by Crippen LogP contribution is -2.23. The maximum atomic E-state index is 13.1. The largest absolute Gasteiger partial charge is 0.490 e. The summed E-state index contributed by atoms with van der Waals surface area (Å²) >= 11 is 0. The highest BCUT2D eigenvalue weighted by Crippen LogP contribution is 2.31. The molecule has 0 saturated carbocycles. The number of carbonyl (C=O) groups excluding carboxylic acids is 1. The molecule has 1 aromatic heterocycles. The molecule has 1 heterocycles. The molecule has 180 valence electrons. The SMILES string of the molecule is CCOc1ccc(NC(=O)Nc2ccc(-n3c(C)nc4ccccc4c3=O)cc2C)cc1OCC. The van der Waals surface area contributed by atoms with E-state index in [-0.39, 0.29) is 5.56 Å². The zero-order valence-electron chi connectivity index (χ0n) is 20.2. The van der Waals surface area contributed by atoms with Gasteiger partial charge in [-0.3, -0.25) is 9.36 Å². The van der Waals surface area contributed by atoms with Crippen molar-refractivity contribution in [3.63, 3.8) is 0 Å². The second-order valence-corrected chi connectivity index (χ2v) is 7.92. The van der Waals surface area contributed by atoms with Crippen molar-refractivity contribution in [1.29, 1.82) is 0 Å². The number of hydrogen-bond acceptors (Lipinski definition) is 5. The van der Waals surface area contributed by atoms with Gasteiger partial charge in [-0.05, 0) is 75.7 Å². The van der Waals surface area contributed by atoms with Gasteiger partial charge in [-0.25, -0.2) is 9.78 Å². The van der Waals surface area contributed by atoms with E-state index in [0.29, 0.717) is 58.5 Å². The summed E-state index contributed by atoms with van der Waals surface area (Å²) < 4.78 is 12.8. The summed E-state index contributed by atoms with van der Waals surface area (Å²) in [5, 5.41) is 6.24. The number of hydrogen-bond donors (Lipinski definition) is 2. The highest BCUT2D eigenvalue weighted by atomic mass is 16.5. The number of anilines is 2. The van der Waals surface area contributed by atoms with E-state index in [4.69, 9.17) is 9.47 Å². The van der Waals surface area contributed by atoms with Crippen LogP contribution in [0.2, 0.25) is 0 Å². The van der Waals surface area contributed by atoms with Gasteiger partial charge in [-0.1, -0.05) is 12.1 Å². The number of amides is 2. The Hall–Kier alpha value is -4.33. The average molecular weight is 473 g/mol. The molecule has 0 unspecified atom stereocenters. The topological polar surface area (TPSA) is 94.5 Å². The quantitative estimate of drug-likeness (QED) is 0.373. The number of aromatic nitrogens is 2. The lowest BCUT2D eigenvalue weighted by molar-refractivity contribution is 0.262. The van der Waals surface area contributed by atoms with E-state index in [0.717, 1.165) is 5.56 Å². The third kappa shape index (κ3) is 5.11. The molecular formula is C27H28N4O4. The Balaban J connectivity index is 1.54. The van der Waals surface area contributed by atoms with Gasteiger partial charge in [0.2, 0.25) is 0 Å². The monoisotopic (exact) mass is 472 g/mol. The molecule has 0 radical (unpaired) electrons. The van der Waals surface area contributed by atoms with Crippen LogP contribution in [0.1, 0.15) is 25.2 Å². The number of nitrogens with one attached hydrogen (secondary N) is 2. The van der Waals surface area contributed by atoms with E-state index < -0.39 is 6.03 Å². The van der Waals surface area contributed by atoms with E-state index in [2.05, 4.69) is 15.6 Å². The standard InChI is InChI=1S/C27H28N4O4/c1-5-34-24-14-11-19(16-25(24)35-6-2)29-27(33)30-22-13-12-20(15-17(22)3)31-18(4)28-23-10-8-7-9-21(23)26(31)32/h7-16H,5-6H2,1-4H3,(H2,29,30,33). The van der Waals surface area contributed by atoms with Crippen molar-refractivity contribution < 1.29 is 14.3 Å². The van der Waals surface area contributed by atoms with Gasteiger partial charge in [0.25, 0.3) is 5.56 Å². The van der Waals surface area contributed by atoms with E-state index in [9.17, 15) is 9.59 Å². The third-order valence-electron chi connectivity index (χ3n) is 5.46. The van der Waals surface area contributed by atoms with Gasteiger partial charge >= 0.3 is 6.03 Å². The van der Waals surface area contributed by atoms with Crippen LogP contribution in [0, 0.1) is 13.8 Å². The normalized spacial score (nSPS) is 10.7. The van der Waals surface area contributed by atoms with Gasteiger partial charge in [0.15, 0.2) is 11.5 Å². The van der Waals surface area contributed by atoms with Crippen molar-refractivity contribution >= 4 is 28.3 Å². The number of aryl methyl sites for hydroxylation is 2. The van der Waals surface area contributed by atoms with Crippen LogP contribution in [-0.4, -0.2) is 28.8 Å². The van der Waals surface area contributed by atoms with Crippen LogP contribution in [0.15, 0.2) is 65.5 Å². The Kier molecular flexibility index (Phi) is 7.01. The van der Waals surface area contributed by atoms with Crippen molar-refractivity contribution in [3.05, 3.63) is 82.4 Å². The van der Waals surface area contributed by atoms with Crippen molar-refractivity contribution in [3.8, 4) is 17.2 Å². The Labute approximate surface area is 203 Å².